The maximum Gasteiger partial charge on any atom is 0.00670 e. The van der Waals surface area contributed by atoms with Crippen LogP contribution >= 0.6 is 0 Å². The Morgan fingerprint density at radius 2 is 1.50 bits per heavy atom. The number of hydrogen-bond acceptors (Lipinski definition) is 1. The third-order valence-corrected chi connectivity index (χ3v) is 4.07. The summed E-state index contributed by atoms with van der Waals surface area (Å²) in [6.45, 7) is 1.29. The van der Waals surface area contributed by atoms with Gasteiger partial charge in [-0.05, 0) is 31.7 Å². The SMILES string of the molecule is C1CCCC(NCCC2CCC2)CC1. The number of rotatable bonds is 4. The molecule has 0 aliphatic heterocycles. The van der Waals surface area contributed by atoms with Gasteiger partial charge in [0.25, 0.3) is 0 Å². The Morgan fingerprint density at radius 3 is 2.07 bits per heavy atom. The Balaban J connectivity index is 1.54. The lowest BCUT2D eigenvalue weighted by atomic mass is 9.83. The van der Waals surface area contributed by atoms with Crippen LogP contribution in [-0.4, -0.2) is 12.6 Å². The molecule has 1 heteroatoms. The molecule has 1 N–H and O–H groups in total. The predicted octanol–water partition coefficient (Wildman–Crippen LogP) is 3.49. The van der Waals surface area contributed by atoms with Crippen molar-refractivity contribution < 1.29 is 0 Å². The Bertz CT molecular complexity index is 143. The zero-order valence-electron chi connectivity index (χ0n) is 9.43. The molecule has 0 aromatic carbocycles. The zero-order valence-corrected chi connectivity index (χ0v) is 9.43. The van der Waals surface area contributed by atoms with Gasteiger partial charge < -0.3 is 5.32 Å². The Hall–Kier alpha value is -0.0400. The second kappa shape index (κ2) is 5.75. The molecule has 0 amide bonds. The van der Waals surface area contributed by atoms with Gasteiger partial charge in [0.2, 0.25) is 0 Å². The Kier molecular flexibility index (Phi) is 4.30. The summed E-state index contributed by atoms with van der Waals surface area (Å²) in [7, 11) is 0. The normalized spacial score (nSPS) is 25.7. The smallest absolute Gasteiger partial charge is 0.00670 e. The molecular weight excluding hydrogens is 170 g/mol. The van der Waals surface area contributed by atoms with E-state index in [2.05, 4.69) is 5.32 Å². The molecule has 0 saturated heterocycles. The third-order valence-electron chi connectivity index (χ3n) is 4.07. The second-order valence-corrected chi connectivity index (χ2v) is 5.23. The minimum atomic E-state index is 0.859. The van der Waals surface area contributed by atoms with Gasteiger partial charge in [-0.2, -0.15) is 0 Å². The number of hydrogen-bond donors (Lipinski definition) is 1. The Labute approximate surface area is 88.7 Å². The summed E-state index contributed by atoms with van der Waals surface area (Å²) in [5, 5.41) is 3.76. The summed E-state index contributed by atoms with van der Waals surface area (Å²) in [4.78, 5) is 0. The van der Waals surface area contributed by atoms with E-state index in [1.54, 1.807) is 0 Å². The first-order valence-corrected chi connectivity index (χ1v) is 6.68. The average molecular weight is 195 g/mol. The summed E-state index contributed by atoms with van der Waals surface area (Å²) in [5.41, 5.74) is 0. The molecule has 0 atom stereocenters. The minimum absolute atomic E-state index is 0.859. The van der Waals surface area contributed by atoms with Crippen molar-refractivity contribution in [3.8, 4) is 0 Å². The zero-order chi connectivity index (χ0) is 9.64. The summed E-state index contributed by atoms with van der Waals surface area (Å²) >= 11 is 0. The maximum atomic E-state index is 3.76. The molecule has 0 heterocycles. The van der Waals surface area contributed by atoms with Crippen LogP contribution in [0.4, 0.5) is 0 Å². The van der Waals surface area contributed by atoms with Crippen LogP contribution < -0.4 is 5.32 Å². The number of nitrogens with one attached hydrogen (secondary N) is 1. The van der Waals surface area contributed by atoms with Crippen molar-refractivity contribution in [1.82, 2.24) is 5.32 Å². The highest BCUT2D eigenvalue weighted by atomic mass is 14.9. The highest BCUT2D eigenvalue weighted by Crippen LogP contribution is 2.29. The van der Waals surface area contributed by atoms with E-state index < -0.39 is 0 Å². The van der Waals surface area contributed by atoms with Gasteiger partial charge in [-0.1, -0.05) is 44.9 Å². The van der Waals surface area contributed by atoms with E-state index in [4.69, 9.17) is 0 Å². The van der Waals surface area contributed by atoms with Gasteiger partial charge in [0.05, 0.1) is 0 Å². The largest absolute Gasteiger partial charge is 0.314 e. The molecular formula is C13H25N. The fraction of sp³-hybridized carbons (Fsp3) is 1.00. The van der Waals surface area contributed by atoms with Crippen LogP contribution in [-0.2, 0) is 0 Å². The van der Waals surface area contributed by atoms with Crippen molar-refractivity contribution in [3.05, 3.63) is 0 Å². The van der Waals surface area contributed by atoms with E-state index in [1.165, 1.54) is 70.8 Å². The quantitative estimate of drug-likeness (QED) is 0.677. The van der Waals surface area contributed by atoms with Crippen molar-refractivity contribution in [2.24, 2.45) is 5.92 Å². The fourth-order valence-corrected chi connectivity index (χ4v) is 2.76. The topological polar surface area (TPSA) is 12.0 Å². The molecule has 14 heavy (non-hydrogen) atoms. The van der Waals surface area contributed by atoms with Crippen LogP contribution in [0.15, 0.2) is 0 Å². The molecule has 0 unspecified atom stereocenters. The fourth-order valence-electron chi connectivity index (χ4n) is 2.76. The van der Waals surface area contributed by atoms with Crippen LogP contribution in [0, 0.1) is 5.92 Å². The van der Waals surface area contributed by atoms with Crippen molar-refractivity contribution in [2.45, 2.75) is 70.3 Å². The molecule has 0 bridgehead atoms. The van der Waals surface area contributed by atoms with Gasteiger partial charge in [-0.25, -0.2) is 0 Å². The molecule has 2 saturated carbocycles. The van der Waals surface area contributed by atoms with E-state index in [-0.39, 0.29) is 0 Å². The molecule has 2 aliphatic rings. The van der Waals surface area contributed by atoms with Crippen LogP contribution in [0.2, 0.25) is 0 Å². The lowest BCUT2D eigenvalue weighted by molar-refractivity contribution is 0.285. The lowest BCUT2D eigenvalue weighted by Crippen LogP contribution is -2.31. The monoisotopic (exact) mass is 195 g/mol. The van der Waals surface area contributed by atoms with E-state index in [9.17, 15) is 0 Å². The first kappa shape index (κ1) is 10.5. The molecule has 0 aromatic heterocycles. The standard InChI is InChI=1S/C13H25N/c1-2-4-9-13(8-3-1)14-11-10-12-6-5-7-12/h12-14H,1-11H2. The van der Waals surface area contributed by atoms with E-state index in [0.717, 1.165) is 12.0 Å². The molecule has 0 aromatic rings. The Morgan fingerprint density at radius 1 is 0.786 bits per heavy atom. The highest BCUT2D eigenvalue weighted by molar-refractivity contribution is 4.74. The van der Waals surface area contributed by atoms with Crippen molar-refractivity contribution >= 4 is 0 Å². The van der Waals surface area contributed by atoms with Crippen LogP contribution in [0.25, 0.3) is 0 Å². The highest BCUT2D eigenvalue weighted by Gasteiger charge is 2.17. The molecule has 82 valence electrons. The minimum Gasteiger partial charge on any atom is -0.314 e. The van der Waals surface area contributed by atoms with E-state index >= 15 is 0 Å². The van der Waals surface area contributed by atoms with E-state index in [0.29, 0.717) is 0 Å². The average Bonchev–Trinajstić information content (AvgIpc) is 2.37. The lowest BCUT2D eigenvalue weighted by Gasteiger charge is -2.26. The van der Waals surface area contributed by atoms with E-state index in [1.807, 2.05) is 0 Å². The van der Waals surface area contributed by atoms with Gasteiger partial charge >= 0.3 is 0 Å². The molecule has 0 spiro atoms. The van der Waals surface area contributed by atoms with Crippen LogP contribution in [0.3, 0.4) is 0 Å². The molecule has 2 aliphatic carbocycles. The summed E-state index contributed by atoms with van der Waals surface area (Å²) < 4.78 is 0. The maximum absolute atomic E-state index is 3.76. The van der Waals surface area contributed by atoms with Gasteiger partial charge in [0.1, 0.15) is 0 Å². The van der Waals surface area contributed by atoms with Gasteiger partial charge in [-0.15, -0.1) is 0 Å². The third kappa shape index (κ3) is 3.27. The van der Waals surface area contributed by atoms with Crippen LogP contribution in [0.1, 0.15) is 64.2 Å². The predicted molar refractivity (Wildman–Crippen MR) is 61.5 cm³/mol. The summed E-state index contributed by atoms with van der Waals surface area (Å²) in [5.74, 6) is 1.08. The first-order valence-electron chi connectivity index (χ1n) is 6.68. The molecule has 1 nitrogen and oxygen atoms in total. The molecule has 2 fully saturated rings. The van der Waals surface area contributed by atoms with Gasteiger partial charge in [0, 0.05) is 6.04 Å². The molecule has 2 rings (SSSR count). The van der Waals surface area contributed by atoms with Crippen molar-refractivity contribution in [1.29, 1.82) is 0 Å². The second-order valence-electron chi connectivity index (χ2n) is 5.23. The van der Waals surface area contributed by atoms with Gasteiger partial charge in [0.15, 0.2) is 0 Å². The summed E-state index contributed by atoms with van der Waals surface area (Å²) in [6, 6.07) is 0.859. The first-order chi connectivity index (χ1) is 6.95. The van der Waals surface area contributed by atoms with Crippen LogP contribution in [0.5, 0.6) is 0 Å². The molecule has 0 radical (unpaired) electrons. The van der Waals surface area contributed by atoms with Crippen molar-refractivity contribution in [3.63, 3.8) is 0 Å². The van der Waals surface area contributed by atoms with Gasteiger partial charge in [-0.3, -0.25) is 0 Å². The van der Waals surface area contributed by atoms with Crippen molar-refractivity contribution in [2.75, 3.05) is 6.54 Å². The summed E-state index contributed by atoms with van der Waals surface area (Å²) in [6.07, 6.45) is 14.7.